The molecule has 6 nitrogen and oxygen atoms in total. The number of fused-ring (bicyclic) bond motifs is 1. The highest BCUT2D eigenvalue weighted by molar-refractivity contribution is 5.94. The summed E-state index contributed by atoms with van der Waals surface area (Å²) in [4.78, 5) is 22.3. The van der Waals surface area contributed by atoms with E-state index in [2.05, 4.69) is 28.2 Å². The number of carboxylic acid groups (broad SMARTS) is 1. The number of hydrogen-bond donors (Lipinski definition) is 2. The van der Waals surface area contributed by atoms with Crippen LogP contribution in [-0.4, -0.2) is 44.6 Å². The van der Waals surface area contributed by atoms with Crippen molar-refractivity contribution >= 4 is 16.7 Å². The second-order valence-electron chi connectivity index (χ2n) is 6.86. The molecule has 4 rings (SSSR count). The Morgan fingerprint density at radius 3 is 2.62 bits per heavy atom. The van der Waals surface area contributed by atoms with Crippen LogP contribution >= 0.6 is 0 Å². The number of nitrogens with zero attached hydrogens (tertiary/aromatic N) is 3. The van der Waals surface area contributed by atoms with E-state index in [-0.39, 0.29) is 0 Å². The monoisotopic (exact) mass is 348 g/mol. The minimum absolute atomic E-state index is 0.341. The molecule has 1 aromatic heterocycles. The summed E-state index contributed by atoms with van der Waals surface area (Å²) in [6, 6.07) is 14.3. The van der Waals surface area contributed by atoms with Gasteiger partial charge in [0.2, 0.25) is 0 Å². The standard InChI is InChI=1S/C20H20N4O2/c21-20(19(25)26)8-9-24(13-20)12-14-10-22-18(23-11-14)17-7-3-5-15-4-1-2-6-16(15)17/h1-7,10-11H,8-9,12-13,21H2,(H,25,26). The number of hydrogen-bond acceptors (Lipinski definition) is 5. The topological polar surface area (TPSA) is 92.3 Å². The lowest BCUT2D eigenvalue weighted by Gasteiger charge is -2.19. The van der Waals surface area contributed by atoms with Gasteiger partial charge in [-0.25, -0.2) is 9.97 Å². The van der Waals surface area contributed by atoms with Crippen LogP contribution in [0.1, 0.15) is 12.0 Å². The van der Waals surface area contributed by atoms with Gasteiger partial charge in [-0.1, -0.05) is 42.5 Å². The molecule has 1 unspecified atom stereocenters. The summed E-state index contributed by atoms with van der Waals surface area (Å²) in [5.74, 6) is -0.256. The van der Waals surface area contributed by atoms with Crippen LogP contribution in [0, 0.1) is 0 Å². The van der Waals surface area contributed by atoms with Gasteiger partial charge in [-0.3, -0.25) is 9.69 Å². The molecule has 0 radical (unpaired) electrons. The summed E-state index contributed by atoms with van der Waals surface area (Å²) >= 11 is 0. The molecule has 0 spiro atoms. The Morgan fingerprint density at radius 2 is 1.88 bits per heavy atom. The van der Waals surface area contributed by atoms with Crippen LogP contribution < -0.4 is 5.73 Å². The molecule has 2 aromatic carbocycles. The first-order valence-electron chi connectivity index (χ1n) is 8.59. The van der Waals surface area contributed by atoms with Gasteiger partial charge < -0.3 is 10.8 Å². The molecule has 0 aliphatic carbocycles. The summed E-state index contributed by atoms with van der Waals surface area (Å²) in [6.07, 6.45) is 4.07. The maximum Gasteiger partial charge on any atom is 0.325 e. The van der Waals surface area contributed by atoms with Crippen LogP contribution in [0.15, 0.2) is 54.9 Å². The fraction of sp³-hybridized carbons (Fsp3) is 0.250. The molecule has 1 atom stereocenters. The SMILES string of the molecule is NC1(C(=O)O)CCN(Cc2cnc(-c3cccc4ccccc34)nc2)C1. The van der Waals surface area contributed by atoms with Crippen molar-refractivity contribution in [3.63, 3.8) is 0 Å². The van der Waals surface area contributed by atoms with Crippen molar-refractivity contribution in [1.29, 1.82) is 0 Å². The quantitative estimate of drug-likeness (QED) is 0.751. The van der Waals surface area contributed by atoms with Crippen molar-refractivity contribution in [2.75, 3.05) is 13.1 Å². The van der Waals surface area contributed by atoms with Crippen LogP contribution in [0.4, 0.5) is 0 Å². The highest BCUT2D eigenvalue weighted by atomic mass is 16.4. The Balaban J connectivity index is 1.53. The zero-order chi connectivity index (χ0) is 18.1. The van der Waals surface area contributed by atoms with Crippen LogP contribution in [0.5, 0.6) is 0 Å². The number of rotatable bonds is 4. The number of nitrogens with two attached hydrogens (primary N) is 1. The van der Waals surface area contributed by atoms with Crippen molar-refractivity contribution in [2.45, 2.75) is 18.5 Å². The van der Waals surface area contributed by atoms with E-state index in [1.165, 1.54) is 0 Å². The van der Waals surface area contributed by atoms with Crippen LogP contribution in [0.2, 0.25) is 0 Å². The van der Waals surface area contributed by atoms with Crippen molar-refractivity contribution < 1.29 is 9.90 Å². The molecule has 3 aromatic rings. The zero-order valence-corrected chi connectivity index (χ0v) is 14.3. The Morgan fingerprint density at radius 1 is 1.15 bits per heavy atom. The van der Waals surface area contributed by atoms with E-state index in [9.17, 15) is 9.90 Å². The molecule has 3 N–H and O–H groups in total. The number of likely N-dealkylation sites (tertiary alicyclic amines) is 1. The maximum absolute atomic E-state index is 11.3. The van der Waals surface area contributed by atoms with Crippen molar-refractivity contribution in [3.05, 3.63) is 60.4 Å². The number of carboxylic acids is 1. The number of aliphatic carboxylic acids is 1. The third-order valence-corrected chi connectivity index (χ3v) is 4.95. The van der Waals surface area contributed by atoms with Gasteiger partial charge in [-0.2, -0.15) is 0 Å². The van der Waals surface area contributed by atoms with Crippen molar-refractivity contribution in [3.8, 4) is 11.4 Å². The van der Waals surface area contributed by atoms with Crippen LogP contribution in [0.3, 0.4) is 0 Å². The van der Waals surface area contributed by atoms with Gasteiger partial charge in [-0.15, -0.1) is 0 Å². The summed E-state index contributed by atoms with van der Waals surface area (Å²) in [5, 5.41) is 11.5. The molecule has 1 fully saturated rings. The fourth-order valence-corrected chi connectivity index (χ4v) is 3.48. The number of aromatic nitrogens is 2. The molecule has 2 heterocycles. The average molecular weight is 348 g/mol. The number of carbonyl (C=O) groups is 1. The minimum Gasteiger partial charge on any atom is -0.480 e. The molecule has 132 valence electrons. The summed E-state index contributed by atoms with van der Waals surface area (Å²) in [6.45, 7) is 1.60. The predicted octanol–water partition coefficient (Wildman–Crippen LogP) is 2.28. The lowest BCUT2D eigenvalue weighted by molar-refractivity contribution is -0.142. The van der Waals surface area contributed by atoms with Crippen molar-refractivity contribution in [1.82, 2.24) is 14.9 Å². The summed E-state index contributed by atoms with van der Waals surface area (Å²) < 4.78 is 0. The Kier molecular flexibility index (Phi) is 4.14. The highest BCUT2D eigenvalue weighted by Crippen LogP contribution is 2.26. The second-order valence-corrected chi connectivity index (χ2v) is 6.86. The zero-order valence-electron chi connectivity index (χ0n) is 14.3. The van der Waals surface area contributed by atoms with Gasteiger partial charge in [0.05, 0.1) is 0 Å². The van der Waals surface area contributed by atoms with Gasteiger partial charge in [0.15, 0.2) is 5.82 Å². The molecule has 0 bridgehead atoms. The normalized spacial score (nSPS) is 20.5. The van der Waals surface area contributed by atoms with E-state index < -0.39 is 11.5 Å². The molecule has 26 heavy (non-hydrogen) atoms. The Bertz CT molecular complexity index is 952. The van der Waals surface area contributed by atoms with Crippen LogP contribution in [0.25, 0.3) is 22.2 Å². The van der Waals surface area contributed by atoms with E-state index in [1.807, 2.05) is 29.2 Å². The fourth-order valence-electron chi connectivity index (χ4n) is 3.48. The Hall–Kier alpha value is -2.83. The number of benzene rings is 2. The molecule has 1 aliphatic rings. The third kappa shape index (κ3) is 3.05. The van der Waals surface area contributed by atoms with Gasteiger partial charge in [0.25, 0.3) is 0 Å². The lowest BCUT2D eigenvalue weighted by atomic mass is 10.0. The van der Waals surface area contributed by atoms with Crippen molar-refractivity contribution in [2.24, 2.45) is 5.73 Å². The molecule has 0 saturated carbocycles. The van der Waals surface area contributed by atoms with Gasteiger partial charge in [-0.05, 0) is 17.2 Å². The molecule has 6 heteroatoms. The van der Waals surface area contributed by atoms with E-state index in [4.69, 9.17) is 5.73 Å². The second kappa shape index (κ2) is 6.48. The summed E-state index contributed by atoms with van der Waals surface area (Å²) in [5.41, 5.74) is 6.73. The van der Waals surface area contributed by atoms with E-state index in [0.717, 1.165) is 21.9 Å². The molecular formula is C20H20N4O2. The van der Waals surface area contributed by atoms with E-state index in [0.29, 0.717) is 31.9 Å². The molecular weight excluding hydrogens is 328 g/mol. The van der Waals surface area contributed by atoms with E-state index in [1.54, 1.807) is 12.4 Å². The molecule has 1 aliphatic heterocycles. The largest absolute Gasteiger partial charge is 0.480 e. The first-order chi connectivity index (χ1) is 12.5. The lowest BCUT2D eigenvalue weighted by Crippen LogP contribution is -2.50. The highest BCUT2D eigenvalue weighted by Gasteiger charge is 2.41. The van der Waals surface area contributed by atoms with E-state index >= 15 is 0 Å². The minimum atomic E-state index is -1.15. The smallest absolute Gasteiger partial charge is 0.325 e. The van der Waals surface area contributed by atoms with Gasteiger partial charge >= 0.3 is 5.97 Å². The molecule has 1 saturated heterocycles. The van der Waals surface area contributed by atoms with Crippen LogP contribution in [-0.2, 0) is 11.3 Å². The Labute approximate surface area is 151 Å². The first kappa shape index (κ1) is 16.6. The predicted molar refractivity (Wildman–Crippen MR) is 99.4 cm³/mol. The third-order valence-electron chi connectivity index (χ3n) is 4.95. The molecule has 0 amide bonds. The van der Waals surface area contributed by atoms with Gasteiger partial charge in [0.1, 0.15) is 5.54 Å². The first-order valence-corrected chi connectivity index (χ1v) is 8.59. The average Bonchev–Trinajstić information content (AvgIpc) is 3.04. The maximum atomic E-state index is 11.3. The van der Waals surface area contributed by atoms with Gasteiger partial charge in [0, 0.05) is 43.2 Å². The summed E-state index contributed by atoms with van der Waals surface area (Å²) in [7, 11) is 0.